The van der Waals surface area contributed by atoms with Crippen LogP contribution in [0.4, 0.5) is 0 Å². The molecule has 0 spiro atoms. The Morgan fingerprint density at radius 3 is 2.29 bits per heavy atom. The lowest BCUT2D eigenvalue weighted by atomic mass is 10.0. The second kappa shape index (κ2) is 6.75. The van der Waals surface area contributed by atoms with E-state index in [1.165, 1.54) is 17.7 Å². The van der Waals surface area contributed by atoms with E-state index in [9.17, 15) is 13.2 Å². The summed E-state index contributed by atoms with van der Waals surface area (Å²) in [5.74, 6) is -0.238. The lowest BCUT2D eigenvalue weighted by molar-refractivity contribution is 0.0784. The van der Waals surface area contributed by atoms with E-state index in [1.807, 2.05) is 26.0 Å². The van der Waals surface area contributed by atoms with Crippen molar-refractivity contribution in [2.24, 2.45) is 5.14 Å². The molecule has 0 saturated heterocycles. The second-order valence-electron chi connectivity index (χ2n) is 6.11. The summed E-state index contributed by atoms with van der Waals surface area (Å²) in [7, 11) is -2.14. The molecule has 1 amide bonds. The molecular formula is C18H22N2O3S. The van der Waals surface area contributed by atoms with Crippen LogP contribution < -0.4 is 5.14 Å². The smallest absolute Gasteiger partial charge is 0.254 e. The van der Waals surface area contributed by atoms with Gasteiger partial charge in [-0.2, -0.15) is 0 Å². The summed E-state index contributed by atoms with van der Waals surface area (Å²) in [5.41, 5.74) is 4.39. The molecule has 128 valence electrons. The van der Waals surface area contributed by atoms with Crippen molar-refractivity contribution in [2.75, 3.05) is 7.05 Å². The average molecular weight is 346 g/mol. The maximum absolute atomic E-state index is 12.7. The molecule has 2 aromatic rings. The molecule has 2 N–H and O–H groups in total. The highest BCUT2D eigenvalue weighted by molar-refractivity contribution is 7.89. The molecule has 5 nitrogen and oxygen atoms in total. The third-order valence-corrected chi connectivity index (χ3v) is 4.93. The Morgan fingerprint density at radius 1 is 1.04 bits per heavy atom. The number of hydrogen-bond donors (Lipinski definition) is 1. The summed E-state index contributed by atoms with van der Waals surface area (Å²) in [5, 5.41) is 5.16. The van der Waals surface area contributed by atoms with Gasteiger partial charge in [0.2, 0.25) is 10.0 Å². The molecule has 6 heteroatoms. The summed E-state index contributed by atoms with van der Waals surface area (Å²) < 4.78 is 23.0. The SMILES string of the molecule is Cc1ccc(CN(C)C(=O)c2cc(S(N)(=O)=O)ccc2C)c(C)c1. The number of benzene rings is 2. The van der Waals surface area contributed by atoms with Gasteiger partial charge in [0.1, 0.15) is 0 Å². The van der Waals surface area contributed by atoms with Crippen molar-refractivity contribution in [2.45, 2.75) is 32.2 Å². The van der Waals surface area contributed by atoms with Crippen molar-refractivity contribution >= 4 is 15.9 Å². The van der Waals surface area contributed by atoms with Crippen LogP contribution in [-0.2, 0) is 16.6 Å². The number of rotatable bonds is 4. The van der Waals surface area contributed by atoms with Crippen LogP contribution in [0.1, 0.15) is 32.6 Å². The van der Waals surface area contributed by atoms with Crippen molar-refractivity contribution in [3.8, 4) is 0 Å². The highest BCUT2D eigenvalue weighted by Crippen LogP contribution is 2.18. The van der Waals surface area contributed by atoms with Crippen LogP contribution in [0.15, 0.2) is 41.3 Å². The van der Waals surface area contributed by atoms with Gasteiger partial charge in [-0.05, 0) is 49.6 Å². The van der Waals surface area contributed by atoms with E-state index in [1.54, 1.807) is 24.9 Å². The Balaban J connectivity index is 2.31. The molecule has 0 unspecified atom stereocenters. The summed E-state index contributed by atoms with van der Waals surface area (Å²) in [4.78, 5) is 14.2. The molecule has 0 aromatic heterocycles. The molecule has 0 fully saturated rings. The molecule has 2 rings (SSSR count). The zero-order valence-electron chi connectivity index (χ0n) is 14.3. The molecule has 0 heterocycles. The number of nitrogens with two attached hydrogens (primary N) is 1. The fourth-order valence-electron chi connectivity index (χ4n) is 2.56. The van der Waals surface area contributed by atoms with Gasteiger partial charge >= 0.3 is 0 Å². The van der Waals surface area contributed by atoms with E-state index in [0.717, 1.165) is 11.1 Å². The Kier molecular flexibility index (Phi) is 5.11. The number of aryl methyl sites for hydroxylation is 3. The summed E-state index contributed by atoms with van der Waals surface area (Å²) >= 11 is 0. The summed E-state index contributed by atoms with van der Waals surface area (Å²) in [6, 6.07) is 10.4. The van der Waals surface area contributed by atoms with Crippen LogP contribution in [0.5, 0.6) is 0 Å². The van der Waals surface area contributed by atoms with Crippen molar-refractivity contribution in [1.29, 1.82) is 0 Å². The minimum atomic E-state index is -3.84. The average Bonchev–Trinajstić information content (AvgIpc) is 2.48. The standard InChI is InChI=1S/C18H22N2O3S/c1-12-5-7-15(14(3)9-12)11-20(4)18(21)17-10-16(24(19,22)23)8-6-13(17)2/h5-10H,11H2,1-4H3,(H2,19,22,23). The normalized spacial score (nSPS) is 11.4. The zero-order chi connectivity index (χ0) is 18.1. The van der Waals surface area contributed by atoms with Crippen molar-refractivity contribution < 1.29 is 13.2 Å². The Labute approximate surface area is 143 Å². The van der Waals surface area contributed by atoms with E-state index in [4.69, 9.17) is 5.14 Å². The van der Waals surface area contributed by atoms with Crippen LogP contribution in [0.3, 0.4) is 0 Å². The predicted molar refractivity (Wildman–Crippen MR) is 94.3 cm³/mol. The maximum Gasteiger partial charge on any atom is 0.254 e. The van der Waals surface area contributed by atoms with Crippen LogP contribution in [-0.4, -0.2) is 26.3 Å². The molecule has 0 bridgehead atoms. The molecule has 0 atom stereocenters. The first-order valence-electron chi connectivity index (χ1n) is 7.54. The van der Waals surface area contributed by atoms with Gasteiger partial charge in [0.25, 0.3) is 5.91 Å². The first-order chi connectivity index (χ1) is 11.1. The molecule has 0 aliphatic carbocycles. The van der Waals surface area contributed by atoms with Crippen molar-refractivity contribution in [1.82, 2.24) is 4.90 Å². The maximum atomic E-state index is 12.7. The molecule has 2 aromatic carbocycles. The molecule has 0 aliphatic heterocycles. The highest BCUT2D eigenvalue weighted by atomic mass is 32.2. The van der Waals surface area contributed by atoms with Gasteiger partial charge in [0.15, 0.2) is 0 Å². The minimum Gasteiger partial charge on any atom is -0.337 e. The quantitative estimate of drug-likeness (QED) is 0.924. The highest BCUT2D eigenvalue weighted by Gasteiger charge is 2.18. The van der Waals surface area contributed by atoms with Crippen LogP contribution >= 0.6 is 0 Å². The van der Waals surface area contributed by atoms with Gasteiger partial charge < -0.3 is 4.90 Å². The number of hydrogen-bond acceptors (Lipinski definition) is 3. The number of carbonyl (C=O) groups excluding carboxylic acids is 1. The molecule has 0 aliphatic rings. The number of carbonyl (C=O) groups is 1. The monoisotopic (exact) mass is 346 g/mol. The van der Waals surface area contributed by atoms with E-state index in [2.05, 4.69) is 6.07 Å². The summed E-state index contributed by atoms with van der Waals surface area (Å²) in [6.07, 6.45) is 0. The topological polar surface area (TPSA) is 80.5 Å². The van der Waals surface area contributed by atoms with Crippen LogP contribution in [0.25, 0.3) is 0 Å². The van der Waals surface area contributed by atoms with Gasteiger partial charge in [-0.15, -0.1) is 0 Å². The van der Waals surface area contributed by atoms with Crippen LogP contribution in [0, 0.1) is 20.8 Å². The lowest BCUT2D eigenvalue weighted by Gasteiger charge is -2.20. The molecule has 0 radical (unpaired) electrons. The number of amides is 1. The zero-order valence-corrected chi connectivity index (χ0v) is 15.1. The fourth-order valence-corrected chi connectivity index (χ4v) is 3.10. The van der Waals surface area contributed by atoms with E-state index >= 15 is 0 Å². The van der Waals surface area contributed by atoms with Gasteiger partial charge in [-0.1, -0.05) is 29.8 Å². The van der Waals surface area contributed by atoms with Crippen molar-refractivity contribution in [3.05, 3.63) is 64.2 Å². The number of nitrogens with zero attached hydrogens (tertiary/aromatic N) is 1. The van der Waals surface area contributed by atoms with Gasteiger partial charge in [-0.25, -0.2) is 13.6 Å². The van der Waals surface area contributed by atoms with Gasteiger partial charge in [0, 0.05) is 19.2 Å². The van der Waals surface area contributed by atoms with Gasteiger partial charge in [-0.3, -0.25) is 4.79 Å². The first-order valence-corrected chi connectivity index (χ1v) is 9.09. The van der Waals surface area contributed by atoms with E-state index < -0.39 is 10.0 Å². The third-order valence-electron chi connectivity index (χ3n) is 4.02. The molecule has 24 heavy (non-hydrogen) atoms. The van der Waals surface area contributed by atoms with Crippen LogP contribution in [0.2, 0.25) is 0 Å². The van der Waals surface area contributed by atoms with E-state index in [-0.39, 0.29) is 10.8 Å². The van der Waals surface area contributed by atoms with E-state index in [0.29, 0.717) is 17.7 Å². The predicted octanol–water partition coefficient (Wildman–Crippen LogP) is 2.53. The number of sulfonamides is 1. The Hall–Kier alpha value is -2.18. The summed E-state index contributed by atoms with van der Waals surface area (Å²) in [6.45, 7) is 6.25. The van der Waals surface area contributed by atoms with Crippen molar-refractivity contribution in [3.63, 3.8) is 0 Å². The third kappa shape index (κ3) is 4.01. The fraction of sp³-hybridized carbons (Fsp3) is 0.278. The number of primary sulfonamides is 1. The largest absolute Gasteiger partial charge is 0.337 e. The Bertz CT molecular complexity index is 889. The Morgan fingerprint density at radius 2 is 1.71 bits per heavy atom. The first kappa shape index (κ1) is 18.2. The lowest BCUT2D eigenvalue weighted by Crippen LogP contribution is -2.27. The minimum absolute atomic E-state index is 0.0589. The second-order valence-corrected chi connectivity index (χ2v) is 7.67. The molecule has 0 saturated carbocycles. The van der Waals surface area contributed by atoms with Gasteiger partial charge in [0.05, 0.1) is 4.90 Å². The molecular weight excluding hydrogens is 324 g/mol.